The molecule has 0 aromatic heterocycles. The van der Waals surface area contributed by atoms with Crippen LogP contribution in [0.25, 0.3) is 0 Å². The molecule has 8 bridgehead atoms. The fourth-order valence-corrected chi connectivity index (χ4v) is 11.7. The predicted octanol–water partition coefficient (Wildman–Crippen LogP) is 2.05. The lowest BCUT2D eigenvalue weighted by atomic mass is 9.75. The average Bonchev–Trinajstić information content (AvgIpc) is 3.79. The van der Waals surface area contributed by atoms with Crippen LogP contribution in [-0.4, -0.2) is 92.0 Å². The van der Waals surface area contributed by atoms with Gasteiger partial charge in [-0.05, 0) is 61.2 Å². The van der Waals surface area contributed by atoms with Gasteiger partial charge in [0.2, 0.25) is 0 Å². The van der Waals surface area contributed by atoms with E-state index in [1.165, 1.54) is 20.5 Å². The van der Waals surface area contributed by atoms with E-state index in [0.29, 0.717) is 24.7 Å². The van der Waals surface area contributed by atoms with Crippen LogP contribution in [0.5, 0.6) is 0 Å². The second kappa shape index (κ2) is 13.6. The van der Waals surface area contributed by atoms with Gasteiger partial charge >= 0.3 is 11.9 Å². The maximum absolute atomic E-state index is 13.5. The Kier molecular flexibility index (Phi) is 10.0. The van der Waals surface area contributed by atoms with Crippen LogP contribution in [0, 0.1) is 59.2 Å². The van der Waals surface area contributed by atoms with E-state index in [9.17, 15) is 19.5 Å². The minimum absolute atomic E-state index is 0.0428. The van der Waals surface area contributed by atoms with Crippen molar-refractivity contribution in [1.82, 2.24) is 21.3 Å². The summed E-state index contributed by atoms with van der Waals surface area (Å²) < 4.78 is 10.4. The number of carbonyl (C=O) groups excluding carboxylic acids is 3. The third-order valence-electron chi connectivity index (χ3n) is 14.1. The van der Waals surface area contributed by atoms with Gasteiger partial charge in [-0.25, -0.2) is 0 Å². The number of fused-ring (bicyclic) bond motifs is 8. The van der Waals surface area contributed by atoms with E-state index >= 15 is 0 Å². The summed E-state index contributed by atoms with van der Waals surface area (Å²) in [6.45, 7) is 13.2. The summed E-state index contributed by atoms with van der Waals surface area (Å²) in [7, 11) is 2.85. The predicted molar refractivity (Wildman–Crippen MR) is 174 cm³/mol. The van der Waals surface area contributed by atoms with E-state index in [4.69, 9.17) is 9.47 Å². The molecule has 5 N–H and O–H groups in total. The lowest BCUT2D eigenvalue weighted by Gasteiger charge is -2.35. The Labute approximate surface area is 274 Å². The van der Waals surface area contributed by atoms with Crippen LogP contribution in [0.4, 0.5) is 0 Å². The van der Waals surface area contributed by atoms with Gasteiger partial charge in [0.1, 0.15) is 6.29 Å². The first kappa shape index (κ1) is 34.0. The normalized spacial score (nSPS) is 51.2. The highest BCUT2D eigenvalue weighted by Crippen LogP contribution is 2.53. The molecule has 5 saturated heterocycles. The zero-order valence-corrected chi connectivity index (χ0v) is 28.6. The van der Waals surface area contributed by atoms with Gasteiger partial charge in [0.15, 0.2) is 0 Å². The number of aliphatic hydroxyl groups excluding tert-OH is 1. The van der Waals surface area contributed by atoms with Crippen LogP contribution in [0.2, 0.25) is 0 Å². The summed E-state index contributed by atoms with van der Waals surface area (Å²) in [5.74, 6) is -0.176. The molecule has 0 spiro atoms. The number of nitrogens with one attached hydrogen (secondary N) is 4. The molecule has 0 amide bonds. The molecule has 5 heterocycles. The quantitative estimate of drug-likeness (QED) is 0.159. The maximum atomic E-state index is 13.5. The number of aldehydes is 1. The van der Waals surface area contributed by atoms with E-state index in [2.05, 4.69) is 61.6 Å². The van der Waals surface area contributed by atoms with E-state index in [-0.39, 0.29) is 102 Å². The summed E-state index contributed by atoms with van der Waals surface area (Å²) in [5, 5.41) is 27.9. The summed E-state index contributed by atoms with van der Waals surface area (Å²) in [6, 6.07) is 0.901. The first-order valence-electron chi connectivity index (χ1n) is 18.0. The zero-order valence-electron chi connectivity index (χ0n) is 28.6. The van der Waals surface area contributed by atoms with Crippen molar-refractivity contribution < 1.29 is 29.0 Å². The van der Waals surface area contributed by atoms with Crippen LogP contribution in [0.3, 0.4) is 0 Å². The molecular weight excluding hydrogens is 584 g/mol. The lowest BCUT2D eigenvalue weighted by molar-refractivity contribution is -0.152. The molecule has 10 nitrogen and oxygen atoms in total. The Morgan fingerprint density at radius 3 is 2.04 bits per heavy atom. The smallest absolute Gasteiger partial charge is 0.311 e. The molecule has 5 aliphatic heterocycles. The molecule has 19 atom stereocenters. The number of hydrogen-bond acceptors (Lipinski definition) is 10. The average molecular weight is 643 g/mol. The van der Waals surface area contributed by atoms with Crippen LogP contribution >= 0.6 is 0 Å². The minimum Gasteiger partial charge on any atom is -0.469 e. The highest BCUT2D eigenvalue weighted by molar-refractivity contribution is 5.74. The maximum Gasteiger partial charge on any atom is 0.311 e. The van der Waals surface area contributed by atoms with Crippen LogP contribution in [-0.2, 0) is 23.9 Å². The monoisotopic (exact) mass is 642 g/mol. The number of carbonyl (C=O) groups is 3. The van der Waals surface area contributed by atoms with Crippen molar-refractivity contribution >= 4 is 18.2 Å². The second-order valence-corrected chi connectivity index (χ2v) is 15.7. The van der Waals surface area contributed by atoms with Crippen LogP contribution < -0.4 is 21.3 Å². The highest BCUT2D eigenvalue weighted by Gasteiger charge is 2.64. The van der Waals surface area contributed by atoms with Gasteiger partial charge in [-0.1, -0.05) is 40.2 Å². The number of ether oxygens (including phenoxy) is 2. The topological polar surface area (TPSA) is 138 Å². The number of esters is 2. The third kappa shape index (κ3) is 5.57. The molecule has 6 rings (SSSR count). The van der Waals surface area contributed by atoms with E-state index in [1.807, 2.05) is 0 Å². The molecular formula is C36H58N4O6. The second-order valence-electron chi connectivity index (χ2n) is 15.7. The van der Waals surface area contributed by atoms with Gasteiger partial charge in [0.25, 0.3) is 0 Å². The van der Waals surface area contributed by atoms with E-state index in [1.54, 1.807) is 0 Å². The molecule has 10 heteroatoms. The molecule has 6 fully saturated rings. The number of rotatable bonds is 7. The minimum atomic E-state index is -0.828. The van der Waals surface area contributed by atoms with Crippen LogP contribution in [0.15, 0.2) is 12.7 Å². The van der Waals surface area contributed by atoms with Gasteiger partial charge in [-0.15, -0.1) is 6.58 Å². The van der Waals surface area contributed by atoms with Crippen molar-refractivity contribution in [3.05, 3.63) is 12.7 Å². The summed E-state index contributed by atoms with van der Waals surface area (Å²) in [6.07, 6.45) is 7.02. The van der Waals surface area contributed by atoms with Gasteiger partial charge in [0, 0.05) is 72.5 Å². The van der Waals surface area contributed by atoms with Gasteiger partial charge < -0.3 is 40.6 Å². The SMILES string of the molecule is C=CC1C2CC3NC(CC4NC5C(C4C)C(O)C(C(=O)OC)C5C4NC(CC(N2)C1C)C(C)C4CCC(=O)OC)C(CC)C3C=O. The van der Waals surface area contributed by atoms with Crippen molar-refractivity contribution in [1.29, 1.82) is 0 Å². The third-order valence-corrected chi connectivity index (χ3v) is 14.1. The fraction of sp³-hybridized carbons (Fsp3) is 0.861. The first-order valence-corrected chi connectivity index (χ1v) is 18.0. The molecule has 46 heavy (non-hydrogen) atoms. The van der Waals surface area contributed by atoms with Crippen molar-refractivity contribution in [2.45, 2.75) is 121 Å². The lowest BCUT2D eigenvalue weighted by Crippen LogP contribution is -2.52. The summed E-state index contributed by atoms with van der Waals surface area (Å²) in [5.41, 5.74) is 0. The molecule has 0 aromatic carbocycles. The number of hydrogen-bond donors (Lipinski definition) is 5. The first-order chi connectivity index (χ1) is 22.1. The van der Waals surface area contributed by atoms with Crippen LogP contribution in [0.1, 0.15) is 66.2 Å². The van der Waals surface area contributed by atoms with Gasteiger partial charge in [-0.2, -0.15) is 0 Å². The fourth-order valence-electron chi connectivity index (χ4n) is 11.7. The van der Waals surface area contributed by atoms with Crippen molar-refractivity contribution in [2.24, 2.45) is 59.2 Å². The number of aliphatic hydroxyl groups is 1. The Balaban J connectivity index is 1.41. The molecule has 6 aliphatic rings. The van der Waals surface area contributed by atoms with E-state index < -0.39 is 12.0 Å². The van der Waals surface area contributed by atoms with Gasteiger partial charge in [0.05, 0.1) is 26.2 Å². The largest absolute Gasteiger partial charge is 0.469 e. The van der Waals surface area contributed by atoms with Crippen molar-refractivity contribution in [3.63, 3.8) is 0 Å². The molecule has 258 valence electrons. The molecule has 0 radical (unpaired) electrons. The standard InChI is InChI=1S/C36H58N4O6/c1-8-19-16(3)23-12-24-17(4)21(10-11-29(42)45-6)33(39-24)31-32(36(44)46-7)35(43)30-18(5)25(40-34(30)31)13-27-20(9-2)22(15-41)28(38-27)14-26(19)37-23/h8,15-28,30-35,37-40,43H,1,9-14H2,2-7H3. The Hall–Kier alpha value is -1.85. The highest BCUT2D eigenvalue weighted by atomic mass is 16.5. The number of methoxy groups -OCH3 is 2. The Morgan fingerprint density at radius 2 is 1.39 bits per heavy atom. The van der Waals surface area contributed by atoms with Crippen molar-refractivity contribution in [2.75, 3.05) is 14.2 Å². The molecule has 1 saturated carbocycles. The Morgan fingerprint density at radius 1 is 0.783 bits per heavy atom. The molecule has 1 aliphatic carbocycles. The van der Waals surface area contributed by atoms with E-state index in [0.717, 1.165) is 25.7 Å². The van der Waals surface area contributed by atoms with Crippen molar-refractivity contribution in [3.8, 4) is 0 Å². The summed E-state index contributed by atoms with van der Waals surface area (Å²) >= 11 is 0. The molecule has 19 unspecified atom stereocenters. The molecule has 0 aromatic rings. The Bertz CT molecular complexity index is 1150. The van der Waals surface area contributed by atoms with Gasteiger partial charge in [-0.3, -0.25) is 9.59 Å². The zero-order chi connectivity index (χ0) is 33.0. The summed E-state index contributed by atoms with van der Waals surface area (Å²) in [4.78, 5) is 38.5.